The van der Waals surface area contributed by atoms with Crippen LogP contribution in [-0.4, -0.2) is 25.3 Å². The second kappa shape index (κ2) is 6.13. The first-order valence-corrected chi connectivity index (χ1v) is 5.58. The van der Waals surface area contributed by atoms with Gasteiger partial charge >= 0.3 is 5.97 Å². The van der Waals surface area contributed by atoms with Crippen LogP contribution in [0, 0.1) is 0 Å². The van der Waals surface area contributed by atoms with Crippen LogP contribution in [0.2, 0.25) is 0 Å². The second-order valence-corrected chi connectivity index (χ2v) is 3.79. The normalized spacial score (nSPS) is 11.9. The van der Waals surface area contributed by atoms with E-state index in [1.165, 1.54) is 7.11 Å². The molecule has 4 heteroatoms. The maximum atomic E-state index is 11.2. The molecular weight excluding hydrogens is 220 g/mol. The van der Waals surface area contributed by atoms with Gasteiger partial charge in [0.25, 0.3) is 0 Å². The maximum Gasteiger partial charge on any atom is 0.311 e. The molecule has 0 aliphatic heterocycles. The van der Waals surface area contributed by atoms with E-state index in [1.807, 2.05) is 6.92 Å². The van der Waals surface area contributed by atoms with Crippen LogP contribution in [0.5, 0.6) is 11.5 Å². The minimum absolute atomic E-state index is 0.527. The molecule has 1 aromatic rings. The topological polar surface area (TPSA) is 55.8 Å². The Hall–Kier alpha value is -1.71. The van der Waals surface area contributed by atoms with Crippen LogP contribution in [0.25, 0.3) is 0 Å². The summed E-state index contributed by atoms with van der Waals surface area (Å²) in [6, 6.07) is 5.22. The van der Waals surface area contributed by atoms with E-state index in [-0.39, 0.29) is 0 Å². The van der Waals surface area contributed by atoms with Gasteiger partial charge in [0, 0.05) is 11.6 Å². The third-order valence-corrected chi connectivity index (χ3v) is 2.69. The van der Waals surface area contributed by atoms with Gasteiger partial charge in [-0.2, -0.15) is 0 Å². The zero-order chi connectivity index (χ0) is 12.8. The van der Waals surface area contributed by atoms with Gasteiger partial charge in [0.05, 0.1) is 20.1 Å². The molecule has 4 nitrogen and oxygen atoms in total. The zero-order valence-corrected chi connectivity index (χ0v) is 10.4. The summed E-state index contributed by atoms with van der Waals surface area (Å²) >= 11 is 0. The predicted molar refractivity (Wildman–Crippen MR) is 64.8 cm³/mol. The smallest absolute Gasteiger partial charge is 0.311 e. The van der Waals surface area contributed by atoms with E-state index in [4.69, 9.17) is 9.47 Å². The Labute approximate surface area is 101 Å². The minimum Gasteiger partial charge on any atom is -0.497 e. The molecule has 0 aliphatic carbocycles. The third kappa shape index (κ3) is 3.12. The fourth-order valence-corrected chi connectivity index (χ4v) is 1.81. The molecule has 0 spiro atoms. The molecule has 0 aromatic heterocycles. The van der Waals surface area contributed by atoms with Crippen LogP contribution in [0.3, 0.4) is 0 Å². The van der Waals surface area contributed by atoms with Crippen molar-refractivity contribution >= 4 is 5.97 Å². The average Bonchev–Trinajstić information content (AvgIpc) is 2.35. The van der Waals surface area contributed by atoms with Crippen LogP contribution in [0.1, 0.15) is 31.2 Å². The van der Waals surface area contributed by atoms with Crippen molar-refractivity contribution in [3.63, 3.8) is 0 Å². The lowest BCUT2D eigenvalue weighted by Crippen LogP contribution is -2.12. The van der Waals surface area contributed by atoms with Crippen molar-refractivity contribution in [3.05, 3.63) is 23.8 Å². The lowest BCUT2D eigenvalue weighted by Gasteiger charge is -2.16. The summed E-state index contributed by atoms with van der Waals surface area (Å²) in [6.07, 6.45) is 1.41. The molecule has 1 rings (SSSR count). The highest BCUT2D eigenvalue weighted by molar-refractivity contribution is 5.77. The van der Waals surface area contributed by atoms with Gasteiger partial charge in [-0.05, 0) is 12.5 Å². The molecule has 0 aliphatic rings. The van der Waals surface area contributed by atoms with Crippen LogP contribution < -0.4 is 9.47 Å². The van der Waals surface area contributed by atoms with Gasteiger partial charge in [0.1, 0.15) is 11.5 Å². The summed E-state index contributed by atoms with van der Waals surface area (Å²) in [5, 5.41) is 9.22. The van der Waals surface area contributed by atoms with Crippen LogP contribution >= 0.6 is 0 Å². The average molecular weight is 238 g/mol. The first kappa shape index (κ1) is 13.4. The van der Waals surface area contributed by atoms with E-state index in [0.717, 1.165) is 6.42 Å². The molecule has 0 saturated carbocycles. The number of hydrogen-bond acceptors (Lipinski definition) is 3. The quantitative estimate of drug-likeness (QED) is 0.827. The van der Waals surface area contributed by atoms with Crippen molar-refractivity contribution in [2.24, 2.45) is 0 Å². The highest BCUT2D eigenvalue weighted by Gasteiger charge is 2.22. The van der Waals surface area contributed by atoms with E-state index in [0.29, 0.717) is 23.5 Å². The number of rotatable bonds is 6. The summed E-state index contributed by atoms with van der Waals surface area (Å²) < 4.78 is 10.3. The predicted octanol–water partition coefficient (Wildman–Crippen LogP) is 2.67. The number of methoxy groups -OCH3 is 2. The summed E-state index contributed by atoms with van der Waals surface area (Å²) in [7, 11) is 3.10. The van der Waals surface area contributed by atoms with Crippen LogP contribution in [0.4, 0.5) is 0 Å². The van der Waals surface area contributed by atoms with Crippen molar-refractivity contribution in [1.82, 2.24) is 0 Å². The SMILES string of the molecule is CCCC(C(=O)O)c1ccc(OC)cc1OC. The molecule has 94 valence electrons. The first-order valence-electron chi connectivity index (χ1n) is 5.58. The van der Waals surface area contributed by atoms with Crippen molar-refractivity contribution in [1.29, 1.82) is 0 Å². The summed E-state index contributed by atoms with van der Waals surface area (Å²) in [6.45, 7) is 1.96. The van der Waals surface area contributed by atoms with Gasteiger partial charge in [0.15, 0.2) is 0 Å². The number of carbonyl (C=O) groups is 1. The van der Waals surface area contributed by atoms with Gasteiger partial charge < -0.3 is 14.6 Å². The van der Waals surface area contributed by atoms with Gasteiger partial charge in [-0.15, -0.1) is 0 Å². The van der Waals surface area contributed by atoms with E-state index < -0.39 is 11.9 Å². The molecule has 1 N–H and O–H groups in total. The number of benzene rings is 1. The fraction of sp³-hybridized carbons (Fsp3) is 0.462. The number of aliphatic carboxylic acids is 1. The Morgan fingerprint density at radius 1 is 1.35 bits per heavy atom. The summed E-state index contributed by atoms with van der Waals surface area (Å²) in [5.74, 6) is -0.132. The highest BCUT2D eigenvalue weighted by Crippen LogP contribution is 2.33. The van der Waals surface area contributed by atoms with Crippen LogP contribution in [-0.2, 0) is 4.79 Å². The number of carboxylic acids is 1. The molecule has 1 atom stereocenters. The molecule has 1 aromatic carbocycles. The second-order valence-electron chi connectivity index (χ2n) is 3.79. The van der Waals surface area contributed by atoms with Crippen molar-refractivity contribution < 1.29 is 19.4 Å². The largest absolute Gasteiger partial charge is 0.497 e. The molecule has 0 fully saturated rings. The molecule has 0 bridgehead atoms. The molecule has 1 unspecified atom stereocenters. The zero-order valence-electron chi connectivity index (χ0n) is 10.4. The lowest BCUT2D eigenvalue weighted by molar-refractivity contribution is -0.139. The highest BCUT2D eigenvalue weighted by atomic mass is 16.5. The molecule has 0 heterocycles. The number of ether oxygens (including phenoxy) is 2. The molecule has 0 amide bonds. The fourth-order valence-electron chi connectivity index (χ4n) is 1.81. The Bertz CT molecular complexity index is 387. The van der Waals surface area contributed by atoms with E-state index >= 15 is 0 Å². The van der Waals surface area contributed by atoms with Gasteiger partial charge in [-0.1, -0.05) is 19.4 Å². The van der Waals surface area contributed by atoms with Gasteiger partial charge in [0.2, 0.25) is 0 Å². The Balaban J connectivity index is 3.13. The minimum atomic E-state index is -0.824. The van der Waals surface area contributed by atoms with Crippen molar-refractivity contribution in [2.45, 2.75) is 25.7 Å². The van der Waals surface area contributed by atoms with Gasteiger partial charge in [-0.3, -0.25) is 4.79 Å². The van der Waals surface area contributed by atoms with E-state index in [9.17, 15) is 9.90 Å². The standard InChI is InChI=1S/C13H18O4/c1-4-5-11(13(14)15)10-7-6-9(16-2)8-12(10)17-3/h6-8,11H,4-5H2,1-3H3,(H,14,15). The molecular formula is C13H18O4. The Kier molecular flexibility index (Phi) is 4.82. The van der Waals surface area contributed by atoms with E-state index in [2.05, 4.69) is 0 Å². The van der Waals surface area contributed by atoms with E-state index in [1.54, 1.807) is 25.3 Å². The van der Waals surface area contributed by atoms with Gasteiger partial charge in [-0.25, -0.2) is 0 Å². The molecule has 0 saturated heterocycles. The first-order chi connectivity index (χ1) is 8.13. The third-order valence-electron chi connectivity index (χ3n) is 2.69. The molecule has 17 heavy (non-hydrogen) atoms. The summed E-state index contributed by atoms with van der Waals surface area (Å²) in [5.41, 5.74) is 0.697. The van der Waals surface area contributed by atoms with Crippen molar-refractivity contribution in [3.8, 4) is 11.5 Å². The Morgan fingerprint density at radius 2 is 2.06 bits per heavy atom. The molecule has 0 radical (unpaired) electrons. The van der Waals surface area contributed by atoms with Crippen molar-refractivity contribution in [2.75, 3.05) is 14.2 Å². The monoisotopic (exact) mass is 238 g/mol. The van der Waals surface area contributed by atoms with Crippen LogP contribution in [0.15, 0.2) is 18.2 Å². The number of carboxylic acid groups (broad SMARTS) is 1. The summed E-state index contributed by atoms with van der Waals surface area (Å²) in [4.78, 5) is 11.2. The Morgan fingerprint density at radius 3 is 2.53 bits per heavy atom. The number of hydrogen-bond donors (Lipinski definition) is 1. The lowest BCUT2D eigenvalue weighted by atomic mass is 9.93. The maximum absolute atomic E-state index is 11.2.